The summed E-state index contributed by atoms with van der Waals surface area (Å²) in [5.74, 6) is -0.804. The normalized spacial score (nSPS) is 18.1. The van der Waals surface area contributed by atoms with Crippen molar-refractivity contribution in [2.45, 2.75) is 38.6 Å². The van der Waals surface area contributed by atoms with Crippen LogP contribution in [0.4, 0.5) is 0 Å². The Labute approximate surface area is 143 Å². The number of hydrogen-bond acceptors (Lipinski definition) is 6. The summed E-state index contributed by atoms with van der Waals surface area (Å²) >= 11 is 0. The molecular weight excluding hydrogens is 314 g/mol. The Bertz CT molecular complexity index is 417. The summed E-state index contributed by atoms with van der Waals surface area (Å²) in [6.45, 7) is 4.57. The lowest BCUT2D eigenvalue weighted by Gasteiger charge is -2.33. The van der Waals surface area contributed by atoms with E-state index < -0.39 is 12.0 Å². The van der Waals surface area contributed by atoms with E-state index in [2.05, 4.69) is 10.6 Å². The zero-order valence-electron chi connectivity index (χ0n) is 14.6. The van der Waals surface area contributed by atoms with Crippen LogP contribution in [-0.4, -0.2) is 75.2 Å². The number of nitrogens with zero attached hydrogens (tertiary/aromatic N) is 1. The Hall–Kier alpha value is -1.67. The molecule has 138 valence electrons. The fourth-order valence-electron chi connectivity index (χ4n) is 2.41. The Kier molecular flexibility index (Phi) is 10.0. The number of unbranched alkanes of at least 4 members (excludes halogenated alkanes) is 1. The molecule has 1 rings (SSSR count). The van der Waals surface area contributed by atoms with Gasteiger partial charge in [0.2, 0.25) is 11.8 Å². The summed E-state index contributed by atoms with van der Waals surface area (Å²) in [6.07, 6.45) is 2.44. The summed E-state index contributed by atoms with van der Waals surface area (Å²) in [5, 5.41) is 5.52. The first-order valence-electron chi connectivity index (χ1n) is 8.51. The van der Waals surface area contributed by atoms with Crippen molar-refractivity contribution in [3.05, 3.63) is 0 Å². The van der Waals surface area contributed by atoms with Gasteiger partial charge in [0.15, 0.2) is 0 Å². The van der Waals surface area contributed by atoms with Gasteiger partial charge in [0.1, 0.15) is 6.04 Å². The molecule has 0 saturated carbocycles. The molecule has 2 N–H and O–H groups in total. The highest BCUT2D eigenvalue weighted by Crippen LogP contribution is 2.10. The van der Waals surface area contributed by atoms with Crippen LogP contribution in [0, 0.1) is 0 Å². The summed E-state index contributed by atoms with van der Waals surface area (Å²) in [5.41, 5.74) is 0. The van der Waals surface area contributed by atoms with E-state index in [4.69, 9.17) is 9.47 Å². The highest BCUT2D eigenvalue weighted by atomic mass is 16.5. The number of hydrogen-bond donors (Lipinski definition) is 2. The second-order valence-corrected chi connectivity index (χ2v) is 5.75. The molecular formula is C16H29N3O5. The summed E-state index contributed by atoms with van der Waals surface area (Å²) in [4.78, 5) is 37.6. The monoisotopic (exact) mass is 343 g/mol. The maximum Gasteiger partial charge on any atom is 0.307 e. The maximum absolute atomic E-state index is 12.0. The van der Waals surface area contributed by atoms with Crippen LogP contribution >= 0.6 is 0 Å². The van der Waals surface area contributed by atoms with Gasteiger partial charge in [0, 0.05) is 33.4 Å². The van der Waals surface area contributed by atoms with Crippen molar-refractivity contribution in [3.8, 4) is 0 Å². The minimum Gasteiger partial charge on any atom is -0.466 e. The molecule has 1 aliphatic heterocycles. The Morgan fingerprint density at radius 2 is 2.12 bits per heavy atom. The minimum atomic E-state index is -0.655. The van der Waals surface area contributed by atoms with Crippen molar-refractivity contribution in [2.24, 2.45) is 0 Å². The molecule has 0 radical (unpaired) electrons. The van der Waals surface area contributed by atoms with E-state index >= 15 is 0 Å². The molecule has 0 aliphatic carbocycles. The largest absolute Gasteiger partial charge is 0.466 e. The number of carbonyl (C=O) groups is 3. The van der Waals surface area contributed by atoms with E-state index in [0.29, 0.717) is 32.8 Å². The fraction of sp³-hybridized carbons (Fsp3) is 0.812. The van der Waals surface area contributed by atoms with Gasteiger partial charge in [-0.15, -0.1) is 0 Å². The molecule has 8 heteroatoms. The van der Waals surface area contributed by atoms with Crippen LogP contribution in [0.15, 0.2) is 0 Å². The first-order chi connectivity index (χ1) is 11.6. The van der Waals surface area contributed by atoms with Crippen molar-refractivity contribution in [3.63, 3.8) is 0 Å². The number of methoxy groups -OCH3 is 1. The number of nitrogens with one attached hydrogen (secondary N) is 2. The van der Waals surface area contributed by atoms with Crippen molar-refractivity contribution >= 4 is 17.8 Å². The quantitative estimate of drug-likeness (QED) is 0.394. The SMILES string of the molecule is CCCCOC(=O)CC1C(=O)NCCN1CC(=O)NCCCOC. The summed E-state index contributed by atoms with van der Waals surface area (Å²) in [6, 6.07) is -0.655. The molecule has 8 nitrogen and oxygen atoms in total. The van der Waals surface area contributed by atoms with Gasteiger partial charge in [-0.3, -0.25) is 19.3 Å². The third kappa shape index (κ3) is 7.74. The lowest BCUT2D eigenvalue weighted by molar-refractivity contribution is -0.149. The molecule has 1 fully saturated rings. The van der Waals surface area contributed by atoms with E-state index in [1.807, 2.05) is 6.92 Å². The van der Waals surface area contributed by atoms with E-state index in [9.17, 15) is 14.4 Å². The Balaban J connectivity index is 2.45. The zero-order chi connectivity index (χ0) is 17.8. The second-order valence-electron chi connectivity index (χ2n) is 5.75. The number of carbonyl (C=O) groups excluding carboxylic acids is 3. The molecule has 1 unspecified atom stereocenters. The standard InChI is InChI=1S/C16H29N3O5/c1-3-4-10-24-15(21)11-13-16(22)18-7-8-19(13)12-14(20)17-6-5-9-23-2/h13H,3-12H2,1-2H3,(H,17,20)(H,18,22). The number of piperazine rings is 1. The molecule has 0 aromatic heterocycles. The maximum atomic E-state index is 12.0. The third-order valence-corrected chi connectivity index (χ3v) is 3.76. The number of rotatable bonds is 11. The van der Waals surface area contributed by atoms with Gasteiger partial charge in [-0.2, -0.15) is 0 Å². The first kappa shape index (κ1) is 20.4. The predicted molar refractivity (Wildman–Crippen MR) is 88.4 cm³/mol. The van der Waals surface area contributed by atoms with E-state index in [1.165, 1.54) is 0 Å². The van der Waals surface area contributed by atoms with E-state index in [1.54, 1.807) is 12.0 Å². The second kappa shape index (κ2) is 11.8. The molecule has 1 atom stereocenters. The van der Waals surface area contributed by atoms with Crippen molar-refractivity contribution < 1.29 is 23.9 Å². The number of ether oxygens (including phenoxy) is 2. The summed E-state index contributed by atoms with van der Waals surface area (Å²) in [7, 11) is 1.61. The van der Waals surface area contributed by atoms with Crippen LogP contribution in [0.25, 0.3) is 0 Å². The Morgan fingerprint density at radius 3 is 2.83 bits per heavy atom. The van der Waals surface area contributed by atoms with Gasteiger partial charge in [-0.25, -0.2) is 0 Å². The van der Waals surface area contributed by atoms with E-state index in [0.717, 1.165) is 19.3 Å². The van der Waals surface area contributed by atoms with Crippen LogP contribution in [0.1, 0.15) is 32.6 Å². The third-order valence-electron chi connectivity index (χ3n) is 3.76. The van der Waals surface area contributed by atoms with Crippen molar-refractivity contribution in [2.75, 3.05) is 46.5 Å². The molecule has 0 aromatic carbocycles. The van der Waals surface area contributed by atoms with Gasteiger partial charge in [-0.1, -0.05) is 13.3 Å². The van der Waals surface area contributed by atoms with Crippen LogP contribution in [-0.2, 0) is 23.9 Å². The lowest BCUT2D eigenvalue weighted by atomic mass is 10.1. The summed E-state index contributed by atoms with van der Waals surface area (Å²) < 4.78 is 10.0. The van der Waals surface area contributed by atoms with Gasteiger partial charge >= 0.3 is 5.97 Å². The highest BCUT2D eigenvalue weighted by molar-refractivity contribution is 5.88. The van der Waals surface area contributed by atoms with Crippen LogP contribution in [0.2, 0.25) is 0 Å². The number of esters is 1. The average molecular weight is 343 g/mol. The lowest BCUT2D eigenvalue weighted by Crippen LogP contribution is -2.58. The van der Waals surface area contributed by atoms with Crippen LogP contribution < -0.4 is 10.6 Å². The molecule has 1 heterocycles. The highest BCUT2D eigenvalue weighted by Gasteiger charge is 2.33. The van der Waals surface area contributed by atoms with Gasteiger partial charge < -0.3 is 20.1 Å². The Morgan fingerprint density at radius 1 is 1.33 bits per heavy atom. The predicted octanol–water partition coefficient (Wildman–Crippen LogP) is -0.327. The van der Waals surface area contributed by atoms with Gasteiger partial charge in [0.05, 0.1) is 19.6 Å². The topological polar surface area (TPSA) is 97.0 Å². The minimum absolute atomic E-state index is 0.0352. The van der Waals surface area contributed by atoms with Crippen LogP contribution in [0.5, 0.6) is 0 Å². The van der Waals surface area contributed by atoms with E-state index in [-0.39, 0.29) is 24.8 Å². The molecule has 0 aromatic rings. The average Bonchev–Trinajstić information content (AvgIpc) is 2.55. The molecule has 1 saturated heterocycles. The van der Waals surface area contributed by atoms with Crippen molar-refractivity contribution in [1.82, 2.24) is 15.5 Å². The number of amides is 2. The first-order valence-corrected chi connectivity index (χ1v) is 8.51. The molecule has 0 spiro atoms. The molecule has 0 bridgehead atoms. The fourth-order valence-corrected chi connectivity index (χ4v) is 2.41. The van der Waals surface area contributed by atoms with Crippen molar-refractivity contribution in [1.29, 1.82) is 0 Å². The molecule has 2 amide bonds. The van der Waals surface area contributed by atoms with Gasteiger partial charge in [0.25, 0.3) is 0 Å². The van der Waals surface area contributed by atoms with Gasteiger partial charge in [-0.05, 0) is 12.8 Å². The van der Waals surface area contributed by atoms with Crippen LogP contribution in [0.3, 0.4) is 0 Å². The molecule has 24 heavy (non-hydrogen) atoms. The zero-order valence-corrected chi connectivity index (χ0v) is 14.6. The smallest absolute Gasteiger partial charge is 0.307 e. The molecule has 1 aliphatic rings.